The Hall–Kier alpha value is -1.50. The van der Waals surface area contributed by atoms with Crippen molar-refractivity contribution in [1.82, 2.24) is 4.72 Å². The summed E-state index contributed by atoms with van der Waals surface area (Å²) in [5.74, 6) is -0.260. The van der Waals surface area contributed by atoms with Crippen molar-refractivity contribution < 1.29 is 18.3 Å². The van der Waals surface area contributed by atoms with E-state index in [1.54, 1.807) is 12.1 Å². The molecule has 0 aliphatic heterocycles. The third kappa shape index (κ3) is 4.50. The van der Waals surface area contributed by atoms with Crippen LogP contribution in [0.4, 0.5) is 0 Å². The highest BCUT2D eigenvalue weighted by atomic mass is 79.9. The maximum Gasteiger partial charge on any atom is 0.244 e. The van der Waals surface area contributed by atoms with E-state index in [9.17, 15) is 13.5 Å². The molecule has 1 aliphatic carbocycles. The van der Waals surface area contributed by atoms with Crippen LogP contribution in [0.2, 0.25) is 10.0 Å². The fraction of sp³-hybridized carbons (Fsp3) is 0.235. The minimum absolute atomic E-state index is 0.141. The maximum absolute atomic E-state index is 12.6. The van der Waals surface area contributed by atoms with Gasteiger partial charge in [0.05, 0.1) is 16.1 Å². The van der Waals surface area contributed by atoms with Gasteiger partial charge in [-0.05, 0) is 37.1 Å². The monoisotopic (exact) mass is 490 g/mol. The van der Waals surface area contributed by atoms with Crippen molar-refractivity contribution in [3.63, 3.8) is 0 Å². The van der Waals surface area contributed by atoms with E-state index in [0.29, 0.717) is 17.3 Å². The highest BCUT2D eigenvalue weighted by molar-refractivity contribution is 9.10. The average molecular weight is 492 g/mol. The smallest absolute Gasteiger partial charge is 0.244 e. The molecule has 1 aliphatic rings. The number of hydrogen-bond acceptors (Lipinski definition) is 5. The SMILES string of the molecule is N#C[C@H]1C[C@H](NS(=O)(=O)c2cc(Oc3c(Cl)cc(Br)cc3Cl)ccc2O)C1. The molecule has 0 spiro atoms. The standard InChI is InChI=1S/C17H13BrCl2N2O4S/c18-10-5-13(19)17(14(20)6-10)26-12-1-2-15(23)16(7-12)27(24,25)22-11-3-9(4-11)8-21/h1-2,5-7,9,11,22-23H,3-4H2/t9-,11-. The lowest BCUT2D eigenvalue weighted by molar-refractivity contribution is 0.308. The Kier molecular flexibility index (Phi) is 5.89. The average Bonchev–Trinajstić information content (AvgIpc) is 2.55. The number of halogens is 3. The van der Waals surface area contributed by atoms with Gasteiger partial charge in [0.15, 0.2) is 5.75 Å². The van der Waals surface area contributed by atoms with Gasteiger partial charge in [0.25, 0.3) is 0 Å². The number of phenolic OH excluding ortho intramolecular Hbond substituents is 1. The molecule has 0 bridgehead atoms. The fourth-order valence-corrected chi connectivity index (χ4v) is 5.28. The number of aromatic hydroxyl groups is 1. The summed E-state index contributed by atoms with van der Waals surface area (Å²) in [6, 6.07) is 8.73. The van der Waals surface area contributed by atoms with Crippen molar-refractivity contribution in [3.05, 3.63) is 44.8 Å². The number of benzene rings is 2. The zero-order valence-electron chi connectivity index (χ0n) is 13.6. The van der Waals surface area contributed by atoms with Gasteiger partial charge in [-0.25, -0.2) is 13.1 Å². The molecule has 1 fully saturated rings. The predicted octanol–water partition coefficient (Wildman–Crippen LogP) is 4.83. The number of nitrogens with one attached hydrogen (secondary N) is 1. The minimum Gasteiger partial charge on any atom is -0.507 e. The summed E-state index contributed by atoms with van der Waals surface area (Å²) >= 11 is 15.5. The van der Waals surface area contributed by atoms with E-state index in [1.165, 1.54) is 18.2 Å². The van der Waals surface area contributed by atoms with Crippen molar-refractivity contribution in [2.75, 3.05) is 0 Å². The van der Waals surface area contributed by atoms with Gasteiger partial charge in [-0.3, -0.25) is 0 Å². The van der Waals surface area contributed by atoms with Gasteiger partial charge < -0.3 is 9.84 Å². The highest BCUT2D eigenvalue weighted by Crippen LogP contribution is 2.40. The van der Waals surface area contributed by atoms with Gasteiger partial charge in [-0.1, -0.05) is 39.1 Å². The zero-order valence-corrected chi connectivity index (χ0v) is 17.5. The van der Waals surface area contributed by atoms with Gasteiger partial charge in [0.1, 0.15) is 16.4 Å². The molecule has 27 heavy (non-hydrogen) atoms. The number of hydrogen-bond donors (Lipinski definition) is 2. The molecule has 6 nitrogen and oxygen atoms in total. The second kappa shape index (κ2) is 7.86. The Bertz CT molecular complexity index is 1010. The molecule has 10 heteroatoms. The van der Waals surface area contributed by atoms with Crippen LogP contribution in [0, 0.1) is 17.2 Å². The summed E-state index contributed by atoms with van der Waals surface area (Å²) < 4.78 is 33.9. The molecule has 0 aromatic heterocycles. The van der Waals surface area contributed by atoms with E-state index in [-0.39, 0.29) is 38.4 Å². The molecule has 0 atom stereocenters. The van der Waals surface area contributed by atoms with Crippen LogP contribution in [0.3, 0.4) is 0 Å². The van der Waals surface area contributed by atoms with Crippen LogP contribution in [0.15, 0.2) is 39.7 Å². The van der Waals surface area contributed by atoms with Gasteiger partial charge in [0.2, 0.25) is 10.0 Å². The summed E-state index contributed by atoms with van der Waals surface area (Å²) in [5, 5.41) is 19.3. The van der Waals surface area contributed by atoms with Crippen LogP contribution < -0.4 is 9.46 Å². The first kappa shape index (κ1) is 20.2. The largest absolute Gasteiger partial charge is 0.507 e. The van der Waals surface area contributed by atoms with Crippen molar-refractivity contribution in [3.8, 4) is 23.3 Å². The minimum atomic E-state index is -3.99. The maximum atomic E-state index is 12.6. The number of rotatable bonds is 5. The molecule has 0 saturated heterocycles. The van der Waals surface area contributed by atoms with E-state index in [0.717, 1.165) is 0 Å². The van der Waals surface area contributed by atoms with Crippen LogP contribution in [0.25, 0.3) is 0 Å². The molecule has 2 N–H and O–H groups in total. The molecule has 0 unspecified atom stereocenters. The van der Waals surface area contributed by atoms with Gasteiger partial charge in [0, 0.05) is 22.5 Å². The molecule has 0 amide bonds. The summed E-state index contributed by atoms with van der Waals surface area (Å²) in [6.07, 6.45) is 0.883. The van der Waals surface area contributed by atoms with Crippen LogP contribution in [-0.2, 0) is 10.0 Å². The molecule has 0 heterocycles. The Labute approximate surface area is 174 Å². The second-order valence-corrected chi connectivity index (χ2v) is 9.46. The van der Waals surface area contributed by atoms with E-state index >= 15 is 0 Å². The summed E-state index contributed by atoms with van der Waals surface area (Å²) in [4.78, 5) is -0.329. The molecular weight excluding hydrogens is 479 g/mol. The lowest BCUT2D eigenvalue weighted by Crippen LogP contribution is -2.43. The molecule has 3 rings (SSSR count). The van der Waals surface area contributed by atoms with E-state index in [4.69, 9.17) is 33.2 Å². The van der Waals surface area contributed by atoms with Crippen LogP contribution in [0.1, 0.15) is 12.8 Å². The summed E-state index contributed by atoms with van der Waals surface area (Å²) in [7, 11) is -3.99. The first-order chi connectivity index (χ1) is 12.7. The molecule has 1 saturated carbocycles. The molecular formula is C17H13BrCl2N2O4S. The number of sulfonamides is 1. The van der Waals surface area contributed by atoms with E-state index < -0.39 is 15.8 Å². The number of nitriles is 1. The van der Waals surface area contributed by atoms with Gasteiger partial charge in [-0.15, -0.1) is 0 Å². The predicted molar refractivity (Wildman–Crippen MR) is 105 cm³/mol. The second-order valence-electron chi connectivity index (χ2n) is 6.05. The van der Waals surface area contributed by atoms with Gasteiger partial charge >= 0.3 is 0 Å². The first-order valence-corrected chi connectivity index (χ1v) is 10.8. The lowest BCUT2D eigenvalue weighted by Gasteiger charge is -2.30. The van der Waals surface area contributed by atoms with Crippen LogP contribution in [0.5, 0.6) is 17.2 Å². The number of ether oxygens (including phenoxy) is 1. The van der Waals surface area contributed by atoms with Gasteiger partial charge in [-0.2, -0.15) is 5.26 Å². The first-order valence-electron chi connectivity index (χ1n) is 7.77. The van der Waals surface area contributed by atoms with Crippen LogP contribution in [-0.4, -0.2) is 19.6 Å². The topological polar surface area (TPSA) is 99.4 Å². The molecule has 0 radical (unpaired) electrons. The Morgan fingerprint density at radius 1 is 1.22 bits per heavy atom. The van der Waals surface area contributed by atoms with Crippen molar-refractivity contribution >= 4 is 49.2 Å². The normalized spacial score (nSPS) is 19.2. The molecule has 2 aromatic rings. The zero-order chi connectivity index (χ0) is 19.8. The lowest BCUT2D eigenvalue weighted by atomic mass is 9.82. The Balaban J connectivity index is 1.86. The highest BCUT2D eigenvalue weighted by Gasteiger charge is 2.33. The molecule has 2 aromatic carbocycles. The number of phenols is 1. The fourth-order valence-electron chi connectivity index (χ4n) is 2.62. The molecule has 142 valence electrons. The van der Waals surface area contributed by atoms with Crippen molar-refractivity contribution in [1.29, 1.82) is 5.26 Å². The Morgan fingerprint density at radius 3 is 2.44 bits per heavy atom. The van der Waals surface area contributed by atoms with Crippen LogP contribution >= 0.6 is 39.1 Å². The van der Waals surface area contributed by atoms with Crippen molar-refractivity contribution in [2.45, 2.75) is 23.8 Å². The quantitative estimate of drug-likeness (QED) is 0.623. The summed E-state index contributed by atoms with van der Waals surface area (Å²) in [5.41, 5.74) is 0. The van der Waals surface area contributed by atoms with Crippen molar-refractivity contribution in [2.24, 2.45) is 5.92 Å². The Morgan fingerprint density at radius 2 is 1.85 bits per heavy atom. The third-order valence-electron chi connectivity index (χ3n) is 4.05. The van der Waals surface area contributed by atoms with E-state index in [2.05, 4.69) is 26.7 Å². The number of nitrogens with zero attached hydrogens (tertiary/aromatic N) is 1. The summed E-state index contributed by atoms with van der Waals surface area (Å²) in [6.45, 7) is 0. The van der Waals surface area contributed by atoms with E-state index in [1.807, 2.05) is 0 Å². The third-order valence-corrected chi connectivity index (χ3v) is 6.62.